The van der Waals surface area contributed by atoms with Gasteiger partial charge < -0.3 is 20.3 Å². The Hall–Kier alpha value is -1.66. The molecular weight excluding hydrogens is 755 g/mol. The van der Waals surface area contributed by atoms with Crippen molar-refractivity contribution in [3.05, 3.63) is 24.3 Å². The number of nitrogens with one attached hydrogen (secondary N) is 1. The van der Waals surface area contributed by atoms with Gasteiger partial charge in [-0.05, 0) is 77.0 Å². The molecule has 3 N–H and O–H groups in total. The van der Waals surface area contributed by atoms with Gasteiger partial charge >= 0.3 is 5.97 Å². The summed E-state index contributed by atoms with van der Waals surface area (Å²) in [7, 11) is 0. The van der Waals surface area contributed by atoms with E-state index in [9.17, 15) is 19.8 Å². The molecule has 360 valence electrons. The Morgan fingerprint density at radius 3 is 1.16 bits per heavy atom. The molecule has 6 nitrogen and oxygen atoms in total. The van der Waals surface area contributed by atoms with Crippen molar-refractivity contribution >= 4 is 11.9 Å². The van der Waals surface area contributed by atoms with E-state index in [1.54, 1.807) is 0 Å². The van der Waals surface area contributed by atoms with Crippen LogP contribution in [0.25, 0.3) is 0 Å². The van der Waals surface area contributed by atoms with Crippen LogP contribution in [0.1, 0.15) is 290 Å². The smallest absolute Gasteiger partial charge is 0.305 e. The molecule has 0 aromatic heterocycles. The van der Waals surface area contributed by atoms with Crippen molar-refractivity contribution in [2.75, 3.05) is 13.2 Å². The number of ether oxygens (including phenoxy) is 1. The van der Waals surface area contributed by atoms with Gasteiger partial charge in [0.05, 0.1) is 25.4 Å². The lowest BCUT2D eigenvalue weighted by atomic mass is 10.0. The number of hydrogen-bond acceptors (Lipinski definition) is 5. The lowest BCUT2D eigenvalue weighted by Crippen LogP contribution is -2.45. The van der Waals surface area contributed by atoms with Gasteiger partial charge in [0.2, 0.25) is 5.91 Å². The molecule has 61 heavy (non-hydrogen) atoms. The first-order chi connectivity index (χ1) is 30.0. The highest BCUT2D eigenvalue weighted by Gasteiger charge is 2.20. The van der Waals surface area contributed by atoms with Gasteiger partial charge in [0.1, 0.15) is 0 Å². The molecule has 0 aromatic rings. The first kappa shape index (κ1) is 59.3. The van der Waals surface area contributed by atoms with Gasteiger partial charge in [0.25, 0.3) is 0 Å². The van der Waals surface area contributed by atoms with E-state index in [0.717, 1.165) is 83.5 Å². The number of allylic oxidation sites excluding steroid dienone is 4. The fraction of sp³-hybridized carbons (Fsp3) is 0.891. The summed E-state index contributed by atoms with van der Waals surface area (Å²) in [6.45, 7) is 4.88. The number of amides is 1. The van der Waals surface area contributed by atoms with Crippen molar-refractivity contribution in [3.63, 3.8) is 0 Å². The van der Waals surface area contributed by atoms with Crippen molar-refractivity contribution in [2.24, 2.45) is 0 Å². The predicted octanol–water partition coefficient (Wildman–Crippen LogP) is 16.3. The van der Waals surface area contributed by atoms with Gasteiger partial charge in [0, 0.05) is 12.8 Å². The van der Waals surface area contributed by atoms with Crippen LogP contribution in [0.15, 0.2) is 24.3 Å². The molecule has 0 aliphatic carbocycles. The Kier molecular flexibility index (Phi) is 49.6. The van der Waals surface area contributed by atoms with Gasteiger partial charge in [-0.1, -0.05) is 224 Å². The minimum atomic E-state index is -0.682. The van der Waals surface area contributed by atoms with Crippen LogP contribution in [-0.4, -0.2) is 47.4 Å². The average Bonchev–Trinajstić information content (AvgIpc) is 3.26. The Bertz CT molecular complexity index is 951. The summed E-state index contributed by atoms with van der Waals surface area (Å²) in [5.41, 5.74) is 0. The molecule has 1 amide bonds. The van der Waals surface area contributed by atoms with E-state index < -0.39 is 12.1 Å². The Labute approximate surface area is 380 Å². The van der Waals surface area contributed by atoms with Crippen LogP contribution in [0.3, 0.4) is 0 Å². The predicted molar refractivity (Wildman–Crippen MR) is 264 cm³/mol. The highest BCUT2D eigenvalue weighted by Crippen LogP contribution is 2.16. The summed E-state index contributed by atoms with van der Waals surface area (Å²) in [5, 5.41) is 23.2. The zero-order valence-electron chi connectivity index (χ0n) is 40.9. The zero-order chi connectivity index (χ0) is 44.4. The number of carbonyl (C=O) groups excluding carboxylic acids is 2. The van der Waals surface area contributed by atoms with Crippen molar-refractivity contribution in [1.29, 1.82) is 0 Å². The largest absolute Gasteiger partial charge is 0.466 e. The van der Waals surface area contributed by atoms with Crippen LogP contribution >= 0.6 is 0 Å². The summed E-state index contributed by atoms with van der Waals surface area (Å²) in [6.07, 6.45) is 60.1. The van der Waals surface area contributed by atoms with E-state index in [-0.39, 0.29) is 18.5 Å². The Balaban J connectivity index is 3.51. The lowest BCUT2D eigenvalue weighted by molar-refractivity contribution is -0.143. The Morgan fingerprint density at radius 2 is 0.770 bits per heavy atom. The van der Waals surface area contributed by atoms with Crippen LogP contribution in [0.5, 0.6) is 0 Å². The maximum Gasteiger partial charge on any atom is 0.305 e. The van der Waals surface area contributed by atoms with E-state index in [1.807, 2.05) is 0 Å². The summed E-state index contributed by atoms with van der Waals surface area (Å²) < 4.78 is 5.44. The summed E-state index contributed by atoms with van der Waals surface area (Å²) in [5.74, 6) is -0.0974. The molecule has 0 rings (SSSR count). The van der Waals surface area contributed by atoms with E-state index in [2.05, 4.69) is 43.5 Å². The number of rotatable bonds is 50. The monoisotopic (exact) mass is 860 g/mol. The van der Waals surface area contributed by atoms with Gasteiger partial charge in [-0.25, -0.2) is 0 Å². The standard InChI is InChI=1S/C55H105NO5/c1-3-5-7-9-11-13-15-17-19-21-23-25-29-33-37-41-45-49-55(60)61-50-46-42-38-34-30-26-28-32-36-40-44-48-54(59)56-52(51-57)53(58)47-43-39-35-31-27-24-22-20-18-16-14-12-10-8-6-4-2/h17,19,30,34,52-53,57-58H,3-16,18,20-29,31-33,35-51H2,1-2H3,(H,56,59)/b19-17-,34-30-. The van der Waals surface area contributed by atoms with Gasteiger partial charge in [-0.3, -0.25) is 9.59 Å². The quantitative estimate of drug-likeness (QED) is 0.0322. The van der Waals surface area contributed by atoms with Crippen molar-refractivity contribution < 1.29 is 24.5 Å². The third-order valence-electron chi connectivity index (χ3n) is 12.5. The van der Waals surface area contributed by atoms with Crippen molar-refractivity contribution in [2.45, 2.75) is 302 Å². The molecule has 0 bridgehead atoms. The summed E-state index contributed by atoms with van der Waals surface area (Å²) in [4.78, 5) is 24.5. The summed E-state index contributed by atoms with van der Waals surface area (Å²) in [6, 6.07) is -0.562. The number of hydrogen-bond donors (Lipinski definition) is 3. The molecule has 0 saturated heterocycles. The maximum atomic E-state index is 12.5. The van der Waals surface area contributed by atoms with Crippen LogP contribution in [-0.2, 0) is 14.3 Å². The second-order valence-electron chi connectivity index (χ2n) is 18.6. The third kappa shape index (κ3) is 47.7. The first-order valence-corrected chi connectivity index (χ1v) is 27.1. The molecule has 0 heterocycles. The van der Waals surface area contributed by atoms with Crippen molar-refractivity contribution in [1.82, 2.24) is 5.32 Å². The number of unbranched alkanes of at least 4 members (excludes halogenated alkanes) is 35. The summed E-state index contributed by atoms with van der Waals surface area (Å²) >= 11 is 0. The molecule has 0 aromatic carbocycles. The number of aliphatic hydroxyl groups is 2. The normalized spacial score (nSPS) is 12.8. The van der Waals surface area contributed by atoms with Crippen LogP contribution in [0.4, 0.5) is 0 Å². The molecule has 2 unspecified atom stereocenters. The van der Waals surface area contributed by atoms with E-state index in [0.29, 0.717) is 25.9 Å². The van der Waals surface area contributed by atoms with Crippen LogP contribution in [0, 0.1) is 0 Å². The van der Waals surface area contributed by atoms with Crippen molar-refractivity contribution in [3.8, 4) is 0 Å². The zero-order valence-corrected chi connectivity index (χ0v) is 40.9. The highest BCUT2D eigenvalue weighted by atomic mass is 16.5. The van der Waals surface area contributed by atoms with E-state index >= 15 is 0 Å². The van der Waals surface area contributed by atoms with Gasteiger partial charge in [-0.15, -0.1) is 0 Å². The van der Waals surface area contributed by atoms with Gasteiger partial charge in [0.15, 0.2) is 0 Å². The second-order valence-corrected chi connectivity index (χ2v) is 18.6. The minimum absolute atomic E-state index is 0.0343. The van der Waals surface area contributed by atoms with Crippen LogP contribution in [0.2, 0.25) is 0 Å². The van der Waals surface area contributed by atoms with E-state index in [4.69, 9.17) is 4.74 Å². The first-order valence-electron chi connectivity index (χ1n) is 27.1. The van der Waals surface area contributed by atoms with Crippen LogP contribution < -0.4 is 5.32 Å². The molecule has 0 radical (unpaired) electrons. The minimum Gasteiger partial charge on any atom is -0.466 e. The molecule has 6 heteroatoms. The van der Waals surface area contributed by atoms with E-state index in [1.165, 1.54) is 173 Å². The SMILES string of the molecule is CCCCCCCC/C=C\CCCCCCCCCC(=O)OCCCC/C=C\CCCCCCCC(=O)NC(CO)C(O)CCCCCCCCCCCCCCCCCC. The molecular formula is C55H105NO5. The topological polar surface area (TPSA) is 95.9 Å². The fourth-order valence-corrected chi connectivity index (χ4v) is 8.28. The maximum absolute atomic E-state index is 12.5. The fourth-order valence-electron chi connectivity index (χ4n) is 8.28. The van der Waals surface area contributed by atoms with Gasteiger partial charge in [-0.2, -0.15) is 0 Å². The number of carbonyl (C=O) groups is 2. The second kappa shape index (κ2) is 51.0. The highest BCUT2D eigenvalue weighted by molar-refractivity contribution is 5.76. The molecule has 0 fully saturated rings. The molecule has 0 aliphatic heterocycles. The molecule has 0 aliphatic rings. The molecule has 2 atom stereocenters. The Morgan fingerprint density at radius 1 is 0.443 bits per heavy atom. The third-order valence-corrected chi connectivity index (χ3v) is 12.5. The average molecular weight is 860 g/mol. The molecule has 0 saturated carbocycles. The molecule has 0 spiro atoms. The lowest BCUT2D eigenvalue weighted by Gasteiger charge is -2.22. The number of aliphatic hydroxyl groups excluding tert-OH is 2. The number of esters is 1.